The lowest BCUT2D eigenvalue weighted by Crippen LogP contribution is -2.43. The summed E-state index contributed by atoms with van der Waals surface area (Å²) in [5, 5.41) is 0. The molecule has 2 aliphatic rings. The number of benzene rings is 4. The molecular weight excluding hydrogens is 438 g/mol. The van der Waals surface area contributed by atoms with Crippen molar-refractivity contribution in [1.82, 2.24) is 4.90 Å². The Morgan fingerprint density at radius 1 is 0.694 bits per heavy atom. The van der Waals surface area contributed by atoms with E-state index in [1.807, 2.05) is 36.4 Å². The highest BCUT2D eigenvalue weighted by atomic mass is 16.2. The zero-order chi connectivity index (χ0) is 24.3. The summed E-state index contributed by atoms with van der Waals surface area (Å²) < 4.78 is 0. The molecule has 4 aromatic rings. The monoisotopic (exact) mass is 467 g/mol. The highest BCUT2D eigenvalue weighted by Gasteiger charge is 2.44. The molecule has 0 N–H and O–H groups in total. The molecule has 2 heteroatoms. The summed E-state index contributed by atoms with van der Waals surface area (Å²) in [6.45, 7) is 1.34. The van der Waals surface area contributed by atoms with E-state index in [0.717, 1.165) is 5.56 Å². The Balaban J connectivity index is 1.47. The summed E-state index contributed by atoms with van der Waals surface area (Å²) in [7, 11) is 0. The molecule has 1 heterocycles. The average molecular weight is 468 g/mol. The number of likely N-dealkylation sites (tertiary alicyclic amines) is 1. The number of hydrogen-bond donors (Lipinski definition) is 0. The normalized spacial score (nSPS) is 22.2. The smallest absolute Gasteiger partial charge is 0.254 e. The number of allylic oxidation sites excluding steroid dienone is 1. The lowest BCUT2D eigenvalue weighted by molar-refractivity contribution is 0.0732. The van der Waals surface area contributed by atoms with Gasteiger partial charge in [-0.15, -0.1) is 0 Å². The quantitative estimate of drug-likeness (QED) is 0.307. The van der Waals surface area contributed by atoms with Crippen molar-refractivity contribution in [2.45, 2.75) is 11.8 Å². The molecule has 176 valence electrons. The second kappa shape index (κ2) is 9.83. The van der Waals surface area contributed by atoms with Gasteiger partial charge in [-0.3, -0.25) is 4.79 Å². The molecule has 3 atom stereocenters. The number of rotatable bonds is 4. The topological polar surface area (TPSA) is 20.3 Å². The second-order valence-electron chi connectivity index (χ2n) is 9.73. The fraction of sp³-hybridized carbons (Fsp3) is 0.147. The van der Waals surface area contributed by atoms with Gasteiger partial charge >= 0.3 is 0 Å². The molecule has 0 spiro atoms. The van der Waals surface area contributed by atoms with Gasteiger partial charge in [0.25, 0.3) is 5.91 Å². The van der Waals surface area contributed by atoms with Gasteiger partial charge in [-0.2, -0.15) is 0 Å². The third kappa shape index (κ3) is 4.31. The van der Waals surface area contributed by atoms with Crippen LogP contribution in [-0.4, -0.2) is 23.9 Å². The second-order valence-corrected chi connectivity index (χ2v) is 9.73. The third-order valence-electron chi connectivity index (χ3n) is 7.55. The largest absolute Gasteiger partial charge is 0.334 e. The van der Waals surface area contributed by atoms with E-state index in [-0.39, 0.29) is 23.7 Å². The van der Waals surface area contributed by atoms with Crippen LogP contribution in [0.1, 0.15) is 38.9 Å². The Morgan fingerprint density at radius 2 is 1.25 bits per heavy atom. The maximum Gasteiger partial charge on any atom is 0.254 e. The van der Waals surface area contributed by atoms with Crippen molar-refractivity contribution in [3.8, 4) is 0 Å². The van der Waals surface area contributed by atoms with Crippen molar-refractivity contribution >= 4 is 12.0 Å². The molecule has 4 aromatic carbocycles. The highest BCUT2D eigenvalue weighted by Crippen LogP contribution is 2.52. The zero-order valence-corrected chi connectivity index (χ0v) is 20.2. The molecule has 1 fully saturated rings. The van der Waals surface area contributed by atoms with E-state index >= 15 is 0 Å². The first kappa shape index (κ1) is 22.3. The molecule has 0 radical (unpaired) electrons. The molecular formula is C34H29NO. The molecule has 36 heavy (non-hydrogen) atoms. The van der Waals surface area contributed by atoms with Gasteiger partial charge in [-0.05, 0) is 46.0 Å². The lowest BCUT2D eigenvalue weighted by atomic mass is 9.75. The van der Waals surface area contributed by atoms with Crippen molar-refractivity contribution in [3.05, 3.63) is 161 Å². The minimum Gasteiger partial charge on any atom is -0.334 e. The number of carbonyl (C=O) groups is 1. The molecule has 0 bridgehead atoms. The molecule has 1 aliphatic carbocycles. The number of carbonyl (C=O) groups excluding carboxylic acids is 1. The molecule has 0 aromatic heterocycles. The molecule has 1 amide bonds. The Hall–Kier alpha value is -4.17. The van der Waals surface area contributed by atoms with Gasteiger partial charge < -0.3 is 4.90 Å². The molecule has 1 aliphatic heterocycles. The van der Waals surface area contributed by atoms with E-state index in [9.17, 15) is 4.79 Å². The Kier molecular flexibility index (Phi) is 6.09. The maximum absolute atomic E-state index is 13.7. The first-order valence-corrected chi connectivity index (χ1v) is 12.7. The number of nitrogens with zero attached hydrogens (tertiary/aromatic N) is 1. The predicted octanol–water partition coefficient (Wildman–Crippen LogP) is 7.35. The van der Waals surface area contributed by atoms with Crippen molar-refractivity contribution < 1.29 is 4.79 Å². The van der Waals surface area contributed by atoms with Crippen LogP contribution in [0.15, 0.2) is 139 Å². The summed E-state index contributed by atoms with van der Waals surface area (Å²) in [6, 6.07) is 41.8. The number of fused-ring (bicyclic) bond motifs is 1. The van der Waals surface area contributed by atoms with Gasteiger partial charge in [0.15, 0.2) is 0 Å². The fourth-order valence-electron chi connectivity index (χ4n) is 5.91. The summed E-state index contributed by atoms with van der Waals surface area (Å²) in [6.07, 6.45) is 4.76. The van der Waals surface area contributed by atoms with E-state index in [2.05, 4.69) is 102 Å². The first-order valence-electron chi connectivity index (χ1n) is 12.7. The average Bonchev–Trinajstić information content (AvgIpc) is 3.34. The van der Waals surface area contributed by atoms with Gasteiger partial charge in [0.05, 0.1) is 0 Å². The molecule has 2 nitrogen and oxygen atoms in total. The van der Waals surface area contributed by atoms with Crippen molar-refractivity contribution in [2.24, 2.45) is 5.92 Å². The van der Waals surface area contributed by atoms with Crippen molar-refractivity contribution in [2.75, 3.05) is 13.1 Å². The van der Waals surface area contributed by atoms with Crippen molar-refractivity contribution in [3.63, 3.8) is 0 Å². The van der Waals surface area contributed by atoms with Crippen LogP contribution in [0.3, 0.4) is 0 Å². The highest BCUT2D eigenvalue weighted by molar-refractivity contribution is 5.94. The van der Waals surface area contributed by atoms with Crippen LogP contribution in [0.4, 0.5) is 0 Å². The Morgan fingerprint density at radius 3 is 1.89 bits per heavy atom. The zero-order valence-electron chi connectivity index (χ0n) is 20.2. The van der Waals surface area contributed by atoms with Crippen LogP contribution in [0.5, 0.6) is 0 Å². The summed E-state index contributed by atoms with van der Waals surface area (Å²) >= 11 is 0. The number of hydrogen-bond acceptors (Lipinski definition) is 1. The predicted molar refractivity (Wildman–Crippen MR) is 147 cm³/mol. The van der Waals surface area contributed by atoms with Gasteiger partial charge in [-0.25, -0.2) is 0 Å². The molecule has 0 saturated carbocycles. The molecule has 1 saturated heterocycles. The van der Waals surface area contributed by atoms with Crippen LogP contribution in [-0.2, 0) is 0 Å². The van der Waals surface area contributed by atoms with Gasteiger partial charge in [-0.1, -0.05) is 115 Å². The SMILES string of the molecule is O=C(c1ccccc1)N1C/C(=C\c2ccccc2)C2=C[C@H](c3ccccc3)[C@@H](c3ccccc3)C2C1. The van der Waals surface area contributed by atoms with Crippen LogP contribution >= 0.6 is 0 Å². The standard InChI is InChI=1S/C34H29NO/c36-34(28-19-11-4-12-20-28)35-23-29(21-25-13-5-1-6-14-25)30-22-31(26-15-7-2-8-16-26)33(32(30)24-35)27-17-9-3-10-18-27/h1-22,31-33H,23-24H2/b29-21+/t31-,32?,33-/m1/s1. The maximum atomic E-state index is 13.7. The number of amides is 1. The fourth-order valence-corrected chi connectivity index (χ4v) is 5.91. The van der Waals surface area contributed by atoms with E-state index in [4.69, 9.17) is 0 Å². The number of piperidine rings is 1. The Labute approximate surface area is 213 Å². The van der Waals surface area contributed by atoms with Crippen LogP contribution in [0.25, 0.3) is 6.08 Å². The van der Waals surface area contributed by atoms with E-state index in [1.54, 1.807) is 0 Å². The first-order chi connectivity index (χ1) is 17.8. The lowest BCUT2D eigenvalue weighted by Gasteiger charge is -2.38. The van der Waals surface area contributed by atoms with E-state index in [1.165, 1.54) is 27.8 Å². The summed E-state index contributed by atoms with van der Waals surface area (Å²) in [5.74, 6) is 0.867. The van der Waals surface area contributed by atoms with E-state index < -0.39 is 0 Å². The van der Waals surface area contributed by atoms with Crippen molar-refractivity contribution in [1.29, 1.82) is 0 Å². The van der Waals surface area contributed by atoms with Crippen LogP contribution in [0.2, 0.25) is 0 Å². The third-order valence-corrected chi connectivity index (χ3v) is 7.55. The van der Waals surface area contributed by atoms with Crippen LogP contribution in [0, 0.1) is 5.92 Å². The van der Waals surface area contributed by atoms with Crippen LogP contribution < -0.4 is 0 Å². The van der Waals surface area contributed by atoms with Gasteiger partial charge in [0.2, 0.25) is 0 Å². The molecule has 1 unspecified atom stereocenters. The molecule has 6 rings (SSSR count). The van der Waals surface area contributed by atoms with Gasteiger partial charge in [0.1, 0.15) is 0 Å². The minimum atomic E-state index is 0.101. The summed E-state index contributed by atoms with van der Waals surface area (Å²) in [4.78, 5) is 15.7. The van der Waals surface area contributed by atoms with Gasteiger partial charge in [0, 0.05) is 36.4 Å². The summed E-state index contributed by atoms with van der Waals surface area (Å²) in [5.41, 5.74) is 7.20. The Bertz CT molecular complexity index is 1390. The minimum absolute atomic E-state index is 0.101. The van der Waals surface area contributed by atoms with E-state index in [0.29, 0.717) is 13.1 Å².